The predicted octanol–water partition coefficient (Wildman–Crippen LogP) is 5.80. The van der Waals surface area contributed by atoms with Gasteiger partial charge >= 0.3 is 0 Å². The van der Waals surface area contributed by atoms with Crippen LogP contribution in [-0.2, 0) is 0 Å². The van der Waals surface area contributed by atoms with Crippen molar-refractivity contribution in [3.8, 4) is 21.8 Å². The van der Waals surface area contributed by atoms with Crippen molar-refractivity contribution in [2.45, 2.75) is 13.8 Å². The minimum absolute atomic E-state index is 0.378. The lowest BCUT2D eigenvalue weighted by molar-refractivity contribution is 1.18. The molecule has 0 N–H and O–H groups in total. The Balaban J connectivity index is 2.15. The number of aryl methyl sites for hydroxylation is 2. The Kier molecular flexibility index (Phi) is 3.98. The molecule has 3 rings (SSSR count). The number of halogens is 2. The molecule has 5 heteroatoms. The third-order valence-electron chi connectivity index (χ3n) is 3.19. The minimum atomic E-state index is 0.378. The lowest BCUT2D eigenvalue weighted by Gasteiger charge is -2.09. The normalized spacial score (nSPS) is 10.9. The fourth-order valence-corrected chi connectivity index (χ4v) is 3.61. The molecule has 2 aromatic heterocycles. The Hall–Kier alpha value is -1.42. The molecule has 0 saturated carbocycles. The molecule has 2 heterocycles. The van der Waals surface area contributed by atoms with Crippen LogP contribution >= 0.6 is 34.5 Å². The molecule has 2 nitrogen and oxygen atoms in total. The number of hydrogen-bond acceptors (Lipinski definition) is 3. The van der Waals surface area contributed by atoms with Gasteiger partial charge in [0.2, 0.25) is 0 Å². The van der Waals surface area contributed by atoms with E-state index >= 15 is 0 Å². The average Bonchev–Trinajstić information content (AvgIpc) is 2.84. The van der Waals surface area contributed by atoms with Crippen LogP contribution in [0, 0.1) is 13.8 Å². The zero-order valence-electron chi connectivity index (χ0n) is 11.5. The van der Waals surface area contributed by atoms with Crippen LogP contribution in [0.1, 0.15) is 11.1 Å². The first kappa shape index (κ1) is 14.5. The second-order valence-electron chi connectivity index (χ2n) is 4.81. The van der Waals surface area contributed by atoms with Crippen molar-refractivity contribution in [1.29, 1.82) is 0 Å². The van der Waals surface area contributed by atoms with Crippen molar-refractivity contribution >= 4 is 34.5 Å². The van der Waals surface area contributed by atoms with Gasteiger partial charge in [-0.15, -0.1) is 11.3 Å². The summed E-state index contributed by atoms with van der Waals surface area (Å²) >= 11 is 14.3. The Bertz CT molecular complexity index is 789. The smallest absolute Gasteiger partial charge is 0.172 e. The van der Waals surface area contributed by atoms with Crippen LogP contribution in [0.3, 0.4) is 0 Å². The summed E-state index contributed by atoms with van der Waals surface area (Å²) in [6, 6.07) is 10.00. The van der Waals surface area contributed by atoms with Crippen LogP contribution in [0.5, 0.6) is 0 Å². The van der Waals surface area contributed by atoms with Gasteiger partial charge in [0, 0.05) is 0 Å². The average molecular weight is 335 g/mol. The van der Waals surface area contributed by atoms with Gasteiger partial charge in [0.15, 0.2) is 5.82 Å². The van der Waals surface area contributed by atoms with Crippen molar-refractivity contribution in [3.05, 3.63) is 57.1 Å². The molecule has 0 amide bonds. The van der Waals surface area contributed by atoms with E-state index in [0.717, 1.165) is 21.6 Å². The highest BCUT2D eigenvalue weighted by Crippen LogP contribution is 2.36. The van der Waals surface area contributed by atoms with Gasteiger partial charge in [-0.3, -0.25) is 0 Å². The second kappa shape index (κ2) is 5.76. The van der Waals surface area contributed by atoms with Crippen LogP contribution in [0.4, 0.5) is 0 Å². The molecule has 0 aliphatic carbocycles. The maximum absolute atomic E-state index is 6.36. The predicted molar refractivity (Wildman–Crippen MR) is 90.3 cm³/mol. The molecule has 106 valence electrons. The molecule has 0 radical (unpaired) electrons. The molecule has 0 saturated heterocycles. The second-order valence-corrected chi connectivity index (χ2v) is 6.44. The molecule has 0 bridgehead atoms. The number of aromatic nitrogens is 2. The first-order valence-corrected chi connectivity index (χ1v) is 8.04. The van der Waals surface area contributed by atoms with E-state index in [0.29, 0.717) is 21.7 Å². The molecule has 0 fully saturated rings. The van der Waals surface area contributed by atoms with Crippen molar-refractivity contribution in [3.63, 3.8) is 0 Å². The quantitative estimate of drug-likeness (QED) is 0.554. The van der Waals surface area contributed by atoms with E-state index < -0.39 is 0 Å². The highest BCUT2D eigenvalue weighted by Gasteiger charge is 2.16. The lowest BCUT2D eigenvalue weighted by Crippen LogP contribution is -1.94. The molecule has 0 unspecified atom stereocenters. The zero-order chi connectivity index (χ0) is 15.0. The molecule has 1 aromatic carbocycles. The number of thiophene rings is 1. The fraction of sp³-hybridized carbons (Fsp3) is 0.125. The Morgan fingerprint density at radius 3 is 2.29 bits per heavy atom. The van der Waals surface area contributed by atoms with Crippen LogP contribution in [0.2, 0.25) is 10.3 Å². The summed E-state index contributed by atoms with van der Waals surface area (Å²) in [5.41, 5.74) is 3.87. The number of rotatable bonds is 2. The Morgan fingerprint density at radius 2 is 1.71 bits per heavy atom. The molecule has 0 spiro atoms. The highest BCUT2D eigenvalue weighted by molar-refractivity contribution is 7.13. The zero-order valence-corrected chi connectivity index (χ0v) is 13.9. The summed E-state index contributed by atoms with van der Waals surface area (Å²) < 4.78 is 0. The molecule has 3 aromatic rings. The Morgan fingerprint density at radius 1 is 1.00 bits per heavy atom. The van der Waals surface area contributed by atoms with Crippen LogP contribution in [-0.4, -0.2) is 9.97 Å². The van der Waals surface area contributed by atoms with Gasteiger partial charge in [-0.25, -0.2) is 9.97 Å². The van der Waals surface area contributed by atoms with Gasteiger partial charge in [-0.1, -0.05) is 53.0 Å². The summed E-state index contributed by atoms with van der Waals surface area (Å²) in [7, 11) is 0. The number of hydrogen-bond donors (Lipinski definition) is 0. The van der Waals surface area contributed by atoms with E-state index in [9.17, 15) is 0 Å². The van der Waals surface area contributed by atoms with Crippen LogP contribution < -0.4 is 0 Å². The van der Waals surface area contributed by atoms with E-state index in [4.69, 9.17) is 23.2 Å². The summed E-state index contributed by atoms with van der Waals surface area (Å²) in [6.07, 6.45) is 0. The van der Waals surface area contributed by atoms with Gasteiger partial charge in [-0.2, -0.15) is 0 Å². The molecule has 21 heavy (non-hydrogen) atoms. The number of nitrogens with zero attached hydrogens (tertiary/aromatic N) is 2. The lowest BCUT2D eigenvalue weighted by atomic mass is 10.1. The summed E-state index contributed by atoms with van der Waals surface area (Å²) in [5, 5.41) is 2.76. The summed E-state index contributed by atoms with van der Waals surface area (Å²) in [6.45, 7) is 4.04. The topological polar surface area (TPSA) is 25.8 Å². The van der Waals surface area contributed by atoms with Gasteiger partial charge in [0.05, 0.1) is 10.4 Å². The van der Waals surface area contributed by atoms with Crippen LogP contribution in [0.15, 0.2) is 35.7 Å². The van der Waals surface area contributed by atoms with Gasteiger partial charge in [0.25, 0.3) is 0 Å². The summed E-state index contributed by atoms with van der Waals surface area (Å²) in [5.74, 6) is 0.578. The maximum Gasteiger partial charge on any atom is 0.172 e. The first-order valence-electron chi connectivity index (χ1n) is 6.41. The molecule has 0 aliphatic heterocycles. The minimum Gasteiger partial charge on any atom is -0.215 e. The van der Waals surface area contributed by atoms with E-state index in [1.54, 1.807) is 11.3 Å². The van der Waals surface area contributed by atoms with Gasteiger partial charge in [0.1, 0.15) is 10.3 Å². The molecular formula is C16H12Cl2N2S. The van der Waals surface area contributed by atoms with E-state index in [-0.39, 0.29) is 0 Å². The Labute approximate surface area is 137 Å². The van der Waals surface area contributed by atoms with Crippen molar-refractivity contribution in [1.82, 2.24) is 9.97 Å². The van der Waals surface area contributed by atoms with Crippen molar-refractivity contribution in [2.24, 2.45) is 0 Å². The largest absolute Gasteiger partial charge is 0.215 e. The van der Waals surface area contributed by atoms with E-state index in [1.165, 1.54) is 0 Å². The fourth-order valence-electron chi connectivity index (χ4n) is 2.15. The SMILES string of the molecule is Cc1cccc(-c2c(Cl)nc(-c3sccc3C)nc2Cl)c1. The first-order chi connectivity index (χ1) is 10.1. The van der Waals surface area contributed by atoms with Crippen LogP contribution in [0.25, 0.3) is 21.8 Å². The van der Waals surface area contributed by atoms with Crippen molar-refractivity contribution < 1.29 is 0 Å². The number of benzene rings is 1. The molecule has 0 aliphatic rings. The standard InChI is InChI=1S/C16H12Cl2N2S/c1-9-4-3-5-11(8-9)12-14(17)19-16(20-15(12)18)13-10(2)6-7-21-13/h3-8H,1-2H3. The third-order valence-corrected chi connectivity index (χ3v) is 4.75. The molecular weight excluding hydrogens is 323 g/mol. The third kappa shape index (κ3) is 2.82. The van der Waals surface area contributed by atoms with Gasteiger partial charge in [-0.05, 0) is 36.4 Å². The molecule has 0 atom stereocenters. The monoisotopic (exact) mass is 334 g/mol. The van der Waals surface area contributed by atoms with Crippen molar-refractivity contribution in [2.75, 3.05) is 0 Å². The van der Waals surface area contributed by atoms with E-state index in [2.05, 4.69) is 9.97 Å². The summed E-state index contributed by atoms with van der Waals surface area (Å²) in [4.78, 5) is 9.84. The van der Waals surface area contributed by atoms with E-state index in [1.807, 2.05) is 49.6 Å². The maximum atomic E-state index is 6.36. The van der Waals surface area contributed by atoms with Gasteiger partial charge < -0.3 is 0 Å². The highest BCUT2D eigenvalue weighted by atomic mass is 35.5.